The van der Waals surface area contributed by atoms with Gasteiger partial charge in [0.25, 0.3) is 0 Å². The Morgan fingerprint density at radius 3 is 3.00 bits per heavy atom. The van der Waals surface area contributed by atoms with E-state index in [-0.39, 0.29) is 0 Å². The third kappa shape index (κ3) is 2.62. The summed E-state index contributed by atoms with van der Waals surface area (Å²) in [6, 6.07) is 9.76. The highest BCUT2D eigenvalue weighted by Crippen LogP contribution is 2.28. The average molecular weight is 269 g/mol. The molecule has 3 rings (SSSR count). The van der Waals surface area contributed by atoms with Crippen LogP contribution < -0.4 is 10.1 Å². The number of hydrogen-bond acceptors (Lipinski definition) is 5. The molecule has 102 valence electrons. The molecule has 1 aromatic carbocycles. The minimum atomic E-state index is 0.641. The van der Waals surface area contributed by atoms with Crippen LogP contribution in [0.5, 0.6) is 5.75 Å². The molecule has 0 spiro atoms. The summed E-state index contributed by atoms with van der Waals surface area (Å²) in [6.07, 6.45) is 3.28. The summed E-state index contributed by atoms with van der Waals surface area (Å²) in [5.74, 6) is 1.63. The second kappa shape index (κ2) is 5.71. The number of fused-ring (bicyclic) bond motifs is 1. The Bertz CT molecular complexity index is 695. The lowest BCUT2D eigenvalue weighted by Gasteiger charge is -2.01. The molecule has 0 unspecified atom stereocenters. The highest BCUT2D eigenvalue weighted by Gasteiger charge is 2.08. The second-order valence-electron chi connectivity index (χ2n) is 4.40. The van der Waals surface area contributed by atoms with Crippen LogP contribution in [0.2, 0.25) is 0 Å². The summed E-state index contributed by atoms with van der Waals surface area (Å²) in [7, 11) is 1.64. The molecule has 0 amide bonds. The van der Waals surface area contributed by atoms with Crippen LogP contribution in [0.4, 0.5) is 0 Å². The molecule has 0 saturated carbocycles. The quantitative estimate of drug-likeness (QED) is 0.771. The maximum Gasteiger partial charge on any atom is 0.176 e. The number of methoxy groups -OCH3 is 1. The number of aromatic nitrogens is 2. The van der Waals surface area contributed by atoms with Crippen molar-refractivity contribution in [1.29, 1.82) is 0 Å². The first kappa shape index (κ1) is 12.6. The van der Waals surface area contributed by atoms with E-state index in [0.717, 1.165) is 28.2 Å². The van der Waals surface area contributed by atoms with Crippen LogP contribution >= 0.6 is 0 Å². The van der Waals surface area contributed by atoms with E-state index in [0.29, 0.717) is 13.1 Å². The SMILES string of the molecule is COc1cccc2cc(CNCc3ccncn3)oc12. The Kier molecular flexibility index (Phi) is 3.60. The maximum absolute atomic E-state index is 5.81. The highest BCUT2D eigenvalue weighted by atomic mass is 16.5. The Balaban J connectivity index is 1.69. The van der Waals surface area contributed by atoms with E-state index in [2.05, 4.69) is 15.3 Å². The fraction of sp³-hybridized carbons (Fsp3) is 0.200. The van der Waals surface area contributed by atoms with Crippen molar-refractivity contribution < 1.29 is 9.15 Å². The van der Waals surface area contributed by atoms with Crippen molar-refractivity contribution in [1.82, 2.24) is 15.3 Å². The van der Waals surface area contributed by atoms with Gasteiger partial charge in [-0.15, -0.1) is 0 Å². The van der Waals surface area contributed by atoms with Crippen molar-refractivity contribution in [3.8, 4) is 5.75 Å². The van der Waals surface area contributed by atoms with Crippen LogP contribution in [0.25, 0.3) is 11.0 Å². The van der Waals surface area contributed by atoms with Crippen LogP contribution in [0.3, 0.4) is 0 Å². The summed E-state index contributed by atoms with van der Waals surface area (Å²) >= 11 is 0. The number of furan rings is 1. The van der Waals surface area contributed by atoms with E-state index < -0.39 is 0 Å². The van der Waals surface area contributed by atoms with Gasteiger partial charge in [-0.3, -0.25) is 0 Å². The van der Waals surface area contributed by atoms with Crippen LogP contribution in [-0.2, 0) is 13.1 Å². The smallest absolute Gasteiger partial charge is 0.176 e. The van der Waals surface area contributed by atoms with Gasteiger partial charge in [-0.2, -0.15) is 0 Å². The zero-order valence-corrected chi connectivity index (χ0v) is 11.2. The van der Waals surface area contributed by atoms with Gasteiger partial charge in [-0.25, -0.2) is 9.97 Å². The Morgan fingerprint density at radius 1 is 1.25 bits per heavy atom. The van der Waals surface area contributed by atoms with Gasteiger partial charge in [0.1, 0.15) is 12.1 Å². The van der Waals surface area contributed by atoms with E-state index in [1.807, 2.05) is 30.3 Å². The molecule has 2 aromatic heterocycles. The molecule has 20 heavy (non-hydrogen) atoms. The first-order chi connectivity index (χ1) is 9.86. The van der Waals surface area contributed by atoms with Gasteiger partial charge < -0.3 is 14.5 Å². The van der Waals surface area contributed by atoms with Crippen LogP contribution in [-0.4, -0.2) is 17.1 Å². The number of nitrogens with one attached hydrogen (secondary N) is 1. The molecule has 5 heteroatoms. The van der Waals surface area contributed by atoms with E-state index in [1.165, 1.54) is 0 Å². The molecule has 0 aliphatic heterocycles. The predicted molar refractivity (Wildman–Crippen MR) is 75.3 cm³/mol. The molecular weight excluding hydrogens is 254 g/mol. The number of benzene rings is 1. The Labute approximate surface area is 116 Å². The molecule has 0 aliphatic rings. The Morgan fingerprint density at radius 2 is 2.20 bits per heavy atom. The van der Waals surface area contributed by atoms with E-state index in [9.17, 15) is 0 Å². The number of rotatable bonds is 5. The van der Waals surface area contributed by atoms with Gasteiger partial charge in [0, 0.05) is 18.1 Å². The molecule has 0 saturated heterocycles. The van der Waals surface area contributed by atoms with Gasteiger partial charge in [0.15, 0.2) is 11.3 Å². The normalized spacial score (nSPS) is 10.8. The van der Waals surface area contributed by atoms with Crippen molar-refractivity contribution in [2.45, 2.75) is 13.1 Å². The molecule has 0 aliphatic carbocycles. The Hall–Kier alpha value is -2.40. The number of ether oxygens (including phenoxy) is 1. The lowest BCUT2D eigenvalue weighted by molar-refractivity contribution is 0.406. The number of hydrogen-bond donors (Lipinski definition) is 1. The van der Waals surface area contributed by atoms with Crippen molar-refractivity contribution >= 4 is 11.0 Å². The molecule has 0 bridgehead atoms. The maximum atomic E-state index is 5.81. The summed E-state index contributed by atoms with van der Waals surface area (Å²) in [5.41, 5.74) is 1.74. The van der Waals surface area contributed by atoms with Crippen LogP contribution in [0, 0.1) is 0 Å². The topological polar surface area (TPSA) is 60.2 Å². The molecule has 5 nitrogen and oxygen atoms in total. The molecule has 3 aromatic rings. The highest BCUT2D eigenvalue weighted by molar-refractivity contribution is 5.83. The van der Waals surface area contributed by atoms with Crippen molar-refractivity contribution in [3.05, 3.63) is 54.3 Å². The van der Waals surface area contributed by atoms with E-state index in [1.54, 1.807) is 19.6 Å². The molecular formula is C15H15N3O2. The molecule has 1 N–H and O–H groups in total. The van der Waals surface area contributed by atoms with E-state index in [4.69, 9.17) is 9.15 Å². The minimum absolute atomic E-state index is 0.641. The lowest BCUT2D eigenvalue weighted by atomic mass is 10.2. The zero-order chi connectivity index (χ0) is 13.8. The van der Waals surface area contributed by atoms with Crippen molar-refractivity contribution in [2.75, 3.05) is 7.11 Å². The fourth-order valence-electron chi connectivity index (χ4n) is 2.07. The number of nitrogens with zero attached hydrogens (tertiary/aromatic N) is 2. The minimum Gasteiger partial charge on any atom is -0.493 e. The predicted octanol–water partition coefficient (Wildman–Crippen LogP) is 2.52. The van der Waals surface area contributed by atoms with Gasteiger partial charge in [0.05, 0.1) is 19.3 Å². The van der Waals surface area contributed by atoms with Gasteiger partial charge in [-0.1, -0.05) is 12.1 Å². The third-order valence-electron chi connectivity index (χ3n) is 3.03. The summed E-state index contributed by atoms with van der Waals surface area (Å²) in [6.45, 7) is 1.32. The fourth-order valence-corrected chi connectivity index (χ4v) is 2.07. The lowest BCUT2D eigenvalue weighted by Crippen LogP contribution is -2.13. The standard InChI is InChI=1S/C15H15N3O2/c1-19-14-4-2-3-11-7-13(20-15(11)14)9-17-8-12-5-6-16-10-18-12/h2-7,10,17H,8-9H2,1H3. The molecule has 0 atom stereocenters. The van der Waals surface area contributed by atoms with Gasteiger partial charge in [0.2, 0.25) is 0 Å². The van der Waals surface area contributed by atoms with Crippen LogP contribution in [0.15, 0.2) is 47.3 Å². The molecule has 0 fully saturated rings. The van der Waals surface area contributed by atoms with E-state index >= 15 is 0 Å². The summed E-state index contributed by atoms with van der Waals surface area (Å²) in [5, 5.41) is 4.34. The average Bonchev–Trinajstić information content (AvgIpc) is 2.91. The summed E-state index contributed by atoms with van der Waals surface area (Å²) < 4.78 is 11.1. The zero-order valence-electron chi connectivity index (χ0n) is 11.2. The monoisotopic (exact) mass is 269 g/mol. The molecule has 0 radical (unpaired) electrons. The largest absolute Gasteiger partial charge is 0.493 e. The van der Waals surface area contributed by atoms with Gasteiger partial charge in [-0.05, 0) is 18.2 Å². The van der Waals surface area contributed by atoms with Gasteiger partial charge >= 0.3 is 0 Å². The molecule has 2 heterocycles. The first-order valence-corrected chi connectivity index (χ1v) is 6.38. The first-order valence-electron chi connectivity index (χ1n) is 6.38. The number of para-hydroxylation sites is 1. The van der Waals surface area contributed by atoms with Crippen LogP contribution in [0.1, 0.15) is 11.5 Å². The van der Waals surface area contributed by atoms with Crippen molar-refractivity contribution in [2.24, 2.45) is 0 Å². The third-order valence-corrected chi connectivity index (χ3v) is 3.03. The second-order valence-corrected chi connectivity index (χ2v) is 4.40. The summed E-state index contributed by atoms with van der Waals surface area (Å²) in [4.78, 5) is 8.04. The van der Waals surface area contributed by atoms with Crippen molar-refractivity contribution in [3.63, 3.8) is 0 Å².